The van der Waals surface area contributed by atoms with E-state index in [-0.39, 0.29) is 22.3 Å². The molecule has 7 heteroatoms. The van der Waals surface area contributed by atoms with Crippen molar-refractivity contribution < 1.29 is 14.3 Å². The Morgan fingerprint density at radius 1 is 1.00 bits per heavy atom. The predicted molar refractivity (Wildman–Crippen MR) is 124 cm³/mol. The number of thiocarbonyl (C=S) groups is 1. The number of carbonyl (C=O) groups excluding carboxylic acids is 2. The van der Waals surface area contributed by atoms with Crippen molar-refractivity contribution in [3.05, 3.63) is 65.2 Å². The van der Waals surface area contributed by atoms with E-state index in [1.54, 1.807) is 43.5 Å². The van der Waals surface area contributed by atoms with Gasteiger partial charge in [-0.15, -0.1) is 0 Å². The van der Waals surface area contributed by atoms with E-state index in [1.807, 2.05) is 12.1 Å². The number of amides is 2. The van der Waals surface area contributed by atoms with E-state index in [9.17, 15) is 9.59 Å². The molecule has 0 heterocycles. The predicted octanol–water partition coefficient (Wildman–Crippen LogP) is 3.88. The maximum absolute atomic E-state index is 12.5. The normalized spacial score (nSPS) is 10.9. The Morgan fingerprint density at radius 2 is 1.67 bits per heavy atom. The Labute approximate surface area is 183 Å². The van der Waals surface area contributed by atoms with Crippen molar-refractivity contribution in [1.29, 1.82) is 0 Å². The molecular weight excluding hydrogens is 398 g/mol. The average molecular weight is 428 g/mol. The third-order valence-electron chi connectivity index (χ3n) is 4.47. The summed E-state index contributed by atoms with van der Waals surface area (Å²) in [5.41, 5.74) is 2.64. The van der Waals surface area contributed by atoms with Gasteiger partial charge in [0.2, 0.25) is 0 Å². The average Bonchev–Trinajstić information content (AvgIpc) is 2.71. The zero-order valence-corrected chi connectivity index (χ0v) is 18.7. The number of benzene rings is 2. The van der Waals surface area contributed by atoms with Gasteiger partial charge in [0.15, 0.2) is 5.11 Å². The second-order valence-corrected chi connectivity index (χ2v) is 8.29. The van der Waals surface area contributed by atoms with E-state index < -0.39 is 0 Å². The lowest BCUT2D eigenvalue weighted by Gasteiger charge is -2.19. The first-order chi connectivity index (χ1) is 14.2. The van der Waals surface area contributed by atoms with Crippen LogP contribution >= 0.6 is 12.2 Å². The van der Waals surface area contributed by atoms with E-state index in [2.05, 4.69) is 36.7 Å². The first-order valence-electron chi connectivity index (χ1n) is 9.81. The lowest BCUT2D eigenvalue weighted by Crippen LogP contribution is -2.35. The van der Waals surface area contributed by atoms with Gasteiger partial charge in [0.25, 0.3) is 11.8 Å². The molecular formula is C23H29N3O3S. The van der Waals surface area contributed by atoms with Crippen molar-refractivity contribution in [2.24, 2.45) is 0 Å². The first kappa shape index (κ1) is 23.5. The van der Waals surface area contributed by atoms with Gasteiger partial charge in [0.1, 0.15) is 0 Å². The van der Waals surface area contributed by atoms with Crippen LogP contribution in [-0.2, 0) is 10.2 Å². The molecule has 0 saturated heterocycles. The molecule has 0 bridgehead atoms. The van der Waals surface area contributed by atoms with Crippen molar-refractivity contribution in [1.82, 2.24) is 10.6 Å². The quantitative estimate of drug-likeness (QED) is 0.462. The number of hydrogen-bond acceptors (Lipinski definition) is 4. The minimum Gasteiger partial charge on any atom is -0.385 e. The second kappa shape index (κ2) is 10.8. The number of carbonyl (C=O) groups is 2. The molecule has 0 fully saturated rings. The zero-order valence-electron chi connectivity index (χ0n) is 17.9. The van der Waals surface area contributed by atoms with Crippen LogP contribution in [0.4, 0.5) is 5.69 Å². The van der Waals surface area contributed by atoms with Gasteiger partial charge in [0, 0.05) is 25.8 Å². The minimum atomic E-state index is -0.311. The molecule has 2 amide bonds. The topological polar surface area (TPSA) is 79.5 Å². The molecule has 0 unspecified atom stereocenters. The molecule has 0 saturated carbocycles. The Hall–Kier alpha value is -2.77. The minimum absolute atomic E-state index is 0.0136. The van der Waals surface area contributed by atoms with Crippen molar-refractivity contribution in [2.75, 3.05) is 25.6 Å². The number of para-hydroxylation sites is 1. The highest BCUT2D eigenvalue weighted by Crippen LogP contribution is 2.22. The Bertz CT molecular complexity index is 889. The van der Waals surface area contributed by atoms with Crippen LogP contribution in [0.25, 0.3) is 0 Å². The zero-order chi connectivity index (χ0) is 22.1. The van der Waals surface area contributed by atoms with E-state index in [0.717, 1.165) is 12.0 Å². The summed E-state index contributed by atoms with van der Waals surface area (Å²) in [5, 5.41) is 8.57. The molecule has 0 spiro atoms. The van der Waals surface area contributed by atoms with Gasteiger partial charge in [-0.3, -0.25) is 14.9 Å². The molecule has 0 radical (unpaired) electrons. The maximum atomic E-state index is 12.5. The van der Waals surface area contributed by atoms with Crippen molar-refractivity contribution in [2.45, 2.75) is 32.6 Å². The highest BCUT2D eigenvalue weighted by molar-refractivity contribution is 7.80. The highest BCUT2D eigenvalue weighted by Gasteiger charge is 2.16. The molecule has 2 rings (SSSR count). The summed E-state index contributed by atoms with van der Waals surface area (Å²) in [5.74, 6) is -0.532. The fourth-order valence-corrected chi connectivity index (χ4v) is 2.96. The lowest BCUT2D eigenvalue weighted by atomic mass is 9.87. The van der Waals surface area contributed by atoms with Gasteiger partial charge in [-0.25, -0.2) is 0 Å². The van der Waals surface area contributed by atoms with Crippen LogP contribution in [0.3, 0.4) is 0 Å². The Morgan fingerprint density at radius 3 is 2.30 bits per heavy atom. The molecule has 160 valence electrons. The van der Waals surface area contributed by atoms with Gasteiger partial charge in [-0.2, -0.15) is 0 Å². The van der Waals surface area contributed by atoms with Crippen molar-refractivity contribution in [3.8, 4) is 0 Å². The van der Waals surface area contributed by atoms with Crippen LogP contribution in [0.5, 0.6) is 0 Å². The third-order valence-corrected chi connectivity index (χ3v) is 4.67. The monoisotopic (exact) mass is 427 g/mol. The summed E-state index contributed by atoms with van der Waals surface area (Å²) in [4.78, 5) is 24.9. The number of nitrogens with one attached hydrogen (secondary N) is 3. The number of methoxy groups -OCH3 is 1. The maximum Gasteiger partial charge on any atom is 0.257 e. The first-order valence-corrected chi connectivity index (χ1v) is 10.2. The molecule has 30 heavy (non-hydrogen) atoms. The third kappa shape index (κ3) is 6.93. The molecule has 0 atom stereocenters. The van der Waals surface area contributed by atoms with Crippen molar-refractivity contribution >= 4 is 34.8 Å². The summed E-state index contributed by atoms with van der Waals surface area (Å²) >= 11 is 5.27. The molecule has 0 aromatic heterocycles. The lowest BCUT2D eigenvalue weighted by molar-refractivity contribution is 0.0947. The van der Waals surface area contributed by atoms with E-state index in [4.69, 9.17) is 17.0 Å². The molecule has 2 aromatic carbocycles. The number of hydrogen-bond donors (Lipinski definition) is 3. The number of ether oxygens (including phenoxy) is 1. The standard InChI is InChI=1S/C23H29N3O3S/c1-23(2,3)17-12-10-16(11-13-17)20(27)26-22(30)25-19-9-6-5-8-18(19)21(28)24-14-7-15-29-4/h5-6,8-13H,7,14-15H2,1-4H3,(H,24,28)(H2,25,26,27,30). The van der Waals surface area contributed by atoms with Gasteiger partial charge in [-0.1, -0.05) is 45.0 Å². The van der Waals surface area contributed by atoms with E-state index in [0.29, 0.717) is 30.0 Å². The van der Waals surface area contributed by atoms with Gasteiger partial charge in [0.05, 0.1) is 11.3 Å². The van der Waals surface area contributed by atoms with Crippen molar-refractivity contribution in [3.63, 3.8) is 0 Å². The fraction of sp³-hybridized carbons (Fsp3) is 0.348. The summed E-state index contributed by atoms with van der Waals surface area (Å²) in [6.07, 6.45) is 0.723. The number of rotatable bonds is 7. The van der Waals surface area contributed by atoms with Crippen LogP contribution in [0.2, 0.25) is 0 Å². The van der Waals surface area contributed by atoms with Crippen LogP contribution in [0, 0.1) is 0 Å². The molecule has 6 nitrogen and oxygen atoms in total. The van der Waals surface area contributed by atoms with E-state index in [1.165, 1.54) is 0 Å². The van der Waals surface area contributed by atoms with Crippen LogP contribution in [0.1, 0.15) is 53.5 Å². The van der Waals surface area contributed by atoms with Gasteiger partial charge < -0.3 is 15.4 Å². The molecule has 0 aliphatic carbocycles. The Kier molecular flexibility index (Phi) is 8.50. The van der Waals surface area contributed by atoms with Gasteiger partial charge in [-0.05, 0) is 53.9 Å². The summed E-state index contributed by atoms with van der Waals surface area (Å²) in [6.45, 7) is 7.44. The van der Waals surface area contributed by atoms with Crippen LogP contribution < -0.4 is 16.0 Å². The summed E-state index contributed by atoms with van der Waals surface area (Å²) < 4.78 is 4.98. The molecule has 3 N–H and O–H groups in total. The summed E-state index contributed by atoms with van der Waals surface area (Å²) in [7, 11) is 1.62. The molecule has 0 aliphatic rings. The second-order valence-electron chi connectivity index (χ2n) is 7.88. The number of anilines is 1. The van der Waals surface area contributed by atoms with Gasteiger partial charge >= 0.3 is 0 Å². The molecule has 2 aromatic rings. The van der Waals surface area contributed by atoms with Crippen LogP contribution in [0.15, 0.2) is 48.5 Å². The Balaban J connectivity index is 1.99. The highest BCUT2D eigenvalue weighted by atomic mass is 32.1. The largest absolute Gasteiger partial charge is 0.385 e. The molecule has 0 aliphatic heterocycles. The smallest absolute Gasteiger partial charge is 0.257 e. The van der Waals surface area contributed by atoms with Crippen LogP contribution in [-0.4, -0.2) is 37.2 Å². The summed E-state index contributed by atoms with van der Waals surface area (Å²) in [6, 6.07) is 14.4. The SMILES string of the molecule is COCCCNC(=O)c1ccccc1NC(=S)NC(=O)c1ccc(C(C)(C)C)cc1. The van der Waals surface area contributed by atoms with E-state index >= 15 is 0 Å². The fourth-order valence-electron chi connectivity index (χ4n) is 2.75.